The van der Waals surface area contributed by atoms with E-state index in [9.17, 15) is 4.79 Å². The lowest BCUT2D eigenvalue weighted by molar-refractivity contribution is 0.708. The third-order valence-corrected chi connectivity index (χ3v) is 2.63. The van der Waals surface area contributed by atoms with Gasteiger partial charge in [-0.1, -0.05) is 0 Å². The van der Waals surface area contributed by atoms with E-state index in [4.69, 9.17) is 0 Å². The Morgan fingerprint density at radius 1 is 1.27 bits per heavy atom. The molecule has 82 valence electrons. The van der Waals surface area contributed by atoms with Crippen molar-refractivity contribution in [1.82, 2.24) is 15.3 Å². The van der Waals surface area contributed by atoms with Crippen molar-refractivity contribution in [3.63, 3.8) is 0 Å². The van der Waals surface area contributed by atoms with E-state index in [2.05, 4.69) is 15.3 Å². The van der Waals surface area contributed by atoms with Crippen LogP contribution in [0.15, 0.2) is 4.79 Å². The first-order valence-electron chi connectivity index (χ1n) is 5.18. The molecule has 0 radical (unpaired) electrons. The summed E-state index contributed by atoms with van der Waals surface area (Å²) in [5, 5.41) is 3.31. The molecular weight excluding hydrogens is 192 g/mol. The van der Waals surface area contributed by atoms with Gasteiger partial charge in [0, 0.05) is 38.3 Å². The van der Waals surface area contributed by atoms with Crippen molar-refractivity contribution < 1.29 is 0 Å². The lowest BCUT2D eigenvalue weighted by Gasteiger charge is -2.16. The van der Waals surface area contributed by atoms with Crippen LogP contribution in [0.2, 0.25) is 0 Å². The van der Waals surface area contributed by atoms with Crippen molar-refractivity contribution in [2.75, 3.05) is 32.1 Å². The maximum absolute atomic E-state index is 11.4. The van der Waals surface area contributed by atoms with E-state index in [-0.39, 0.29) is 5.69 Å². The minimum absolute atomic E-state index is 0.251. The van der Waals surface area contributed by atoms with Crippen LogP contribution in [0.25, 0.3) is 0 Å². The number of rotatable bonds is 1. The van der Waals surface area contributed by atoms with Crippen LogP contribution in [-0.4, -0.2) is 37.2 Å². The summed E-state index contributed by atoms with van der Waals surface area (Å²) < 4.78 is 0. The number of aromatic nitrogens is 2. The van der Waals surface area contributed by atoms with E-state index in [1.165, 1.54) is 5.56 Å². The molecule has 0 bridgehead atoms. The van der Waals surface area contributed by atoms with Crippen LogP contribution in [0.5, 0.6) is 0 Å². The maximum Gasteiger partial charge on any atom is 0.347 e. The molecule has 0 amide bonds. The number of fused-ring (bicyclic) bond motifs is 1. The highest BCUT2D eigenvalue weighted by atomic mass is 16.1. The number of nitrogens with one attached hydrogen (secondary N) is 2. The van der Waals surface area contributed by atoms with Gasteiger partial charge in [-0.05, 0) is 13.0 Å². The summed E-state index contributed by atoms with van der Waals surface area (Å²) in [5.74, 6) is 0.803. The molecule has 1 aliphatic heterocycles. The summed E-state index contributed by atoms with van der Waals surface area (Å²) in [5.41, 5.74) is 1.95. The Morgan fingerprint density at radius 3 is 2.73 bits per heavy atom. The van der Waals surface area contributed by atoms with Gasteiger partial charge in [-0.3, -0.25) is 0 Å². The number of hydrogen-bond donors (Lipinski definition) is 2. The third kappa shape index (κ3) is 2.02. The predicted molar refractivity (Wildman–Crippen MR) is 59.5 cm³/mol. The molecule has 0 saturated carbocycles. The van der Waals surface area contributed by atoms with Crippen molar-refractivity contribution in [1.29, 1.82) is 0 Å². The van der Waals surface area contributed by atoms with Crippen LogP contribution in [-0.2, 0) is 12.8 Å². The van der Waals surface area contributed by atoms with Crippen molar-refractivity contribution >= 4 is 5.82 Å². The molecule has 0 aliphatic carbocycles. The molecule has 2 heterocycles. The maximum atomic E-state index is 11.4. The van der Waals surface area contributed by atoms with Crippen LogP contribution in [0.1, 0.15) is 11.3 Å². The zero-order valence-corrected chi connectivity index (χ0v) is 9.13. The van der Waals surface area contributed by atoms with Crippen molar-refractivity contribution in [3.05, 3.63) is 21.7 Å². The van der Waals surface area contributed by atoms with Crippen LogP contribution in [0.4, 0.5) is 5.82 Å². The van der Waals surface area contributed by atoms with Crippen LogP contribution >= 0.6 is 0 Å². The first kappa shape index (κ1) is 10.2. The summed E-state index contributed by atoms with van der Waals surface area (Å²) in [6, 6.07) is 0. The highest BCUT2D eigenvalue weighted by Crippen LogP contribution is 2.18. The molecule has 0 unspecified atom stereocenters. The van der Waals surface area contributed by atoms with Gasteiger partial charge >= 0.3 is 5.69 Å². The summed E-state index contributed by atoms with van der Waals surface area (Å²) in [4.78, 5) is 20.1. The number of hydrogen-bond acceptors (Lipinski definition) is 4. The summed E-state index contributed by atoms with van der Waals surface area (Å²) >= 11 is 0. The average molecular weight is 208 g/mol. The zero-order chi connectivity index (χ0) is 10.8. The standard InChI is InChI=1S/C10H16N4O/c1-14(2)9-7-3-5-11-6-4-8(7)12-10(15)13-9/h11H,3-6H2,1-2H3,(H,12,13,15). The average Bonchev–Trinajstić information content (AvgIpc) is 2.41. The topological polar surface area (TPSA) is 61.0 Å². The van der Waals surface area contributed by atoms with E-state index in [0.717, 1.165) is 37.4 Å². The molecule has 1 aromatic heterocycles. The lowest BCUT2D eigenvalue weighted by atomic mass is 10.1. The van der Waals surface area contributed by atoms with Crippen molar-refractivity contribution in [2.45, 2.75) is 12.8 Å². The molecule has 1 aliphatic rings. The van der Waals surface area contributed by atoms with Crippen molar-refractivity contribution in [3.8, 4) is 0 Å². The molecule has 0 saturated heterocycles. The van der Waals surface area contributed by atoms with E-state index >= 15 is 0 Å². The molecule has 0 spiro atoms. The van der Waals surface area contributed by atoms with Gasteiger partial charge in [-0.25, -0.2) is 4.79 Å². The second-order valence-corrected chi connectivity index (χ2v) is 3.97. The number of aromatic amines is 1. The summed E-state index contributed by atoms with van der Waals surface area (Å²) in [6.07, 6.45) is 1.79. The minimum atomic E-state index is -0.251. The fourth-order valence-electron chi connectivity index (χ4n) is 1.93. The smallest absolute Gasteiger partial charge is 0.347 e. The Morgan fingerprint density at radius 2 is 2.00 bits per heavy atom. The fraction of sp³-hybridized carbons (Fsp3) is 0.600. The Labute approximate surface area is 88.5 Å². The Kier molecular flexibility index (Phi) is 2.73. The van der Waals surface area contributed by atoms with Crippen LogP contribution in [0.3, 0.4) is 0 Å². The minimum Gasteiger partial charge on any atom is -0.362 e. The SMILES string of the molecule is CN(C)c1nc(=O)[nH]c2c1CCNCC2. The molecule has 5 heteroatoms. The summed E-state index contributed by atoms with van der Waals surface area (Å²) in [7, 11) is 3.83. The van der Waals surface area contributed by atoms with Gasteiger partial charge in [0.15, 0.2) is 0 Å². The number of H-pyrrole nitrogens is 1. The molecule has 1 aromatic rings. The second kappa shape index (κ2) is 4.02. The van der Waals surface area contributed by atoms with E-state index in [1.54, 1.807) is 0 Å². The highest BCUT2D eigenvalue weighted by Gasteiger charge is 2.15. The Bertz CT molecular complexity index is 410. The van der Waals surface area contributed by atoms with Gasteiger partial charge in [-0.2, -0.15) is 4.98 Å². The fourth-order valence-corrected chi connectivity index (χ4v) is 1.93. The molecule has 0 fully saturated rings. The van der Waals surface area contributed by atoms with Crippen LogP contribution < -0.4 is 15.9 Å². The van der Waals surface area contributed by atoms with E-state index in [1.807, 2.05) is 19.0 Å². The largest absolute Gasteiger partial charge is 0.362 e. The van der Waals surface area contributed by atoms with Crippen LogP contribution in [0, 0.1) is 0 Å². The normalized spacial score (nSPS) is 15.6. The van der Waals surface area contributed by atoms with Gasteiger partial charge in [0.2, 0.25) is 0 Å². The van der Waals surface area contributed by atoms with Crippen molar-refractivity contribution in [2.24, 2.45) is 0 Å². The third-order valence-electron chi connectivity index (χ3n) is 2.63. The lowest BCUT2D eigenvalue weighted by Crippen LogP contribution is -2.23. The molecular formula is C10H16N4O. The zero-order valence-electron chi connectivity index (χ0n) is 9.13. The summed E-state index contributed by atoms with van der Waals surface area (Å²) in [6.45, 7) is 1.86. The van der Waals surface area contributed by atoms with Gasteiger partial charge in [0.1, 0.15) is 5.82 Å². The Hall–Kier alpha value is -1.36. The van der Waals surface area contributed by atoms with Gasteiger partial charge in [-0.15, -0.1) is 0 Å². The number of anilines is 1. The molecule has 5 nitrogen and oxygen atoms in total. The van der Waals surface area contributed by atoms with Gasteiger partial charge in [0.05, 0.1) is 0 Å². The Balaban J connectivity index is 2.55. The van der Waals surface area contributed by atoms with E-state index < -0.39 is 0 Å². The molecule has 2 rings (SSSR count). The molecule has 15 heavy (non-hydrogen) atoms. The highest BCUT2D eigenvalue weighted by molar-refractivity contribution is 5.47. The molecule has 0 atom stereocenters. The van der Waals surface area contributed by atoms with Gasteiger partial charge in [0.25, 0.3) is 0 Å². The predicted octanol–water partition coefficient (Wildman–Crippen LogP) is -0.476. The number of nitrogens with zero attached hydrogens (tertiary/aromatic N) is 2. The quantitative estimate of drug-likeness (QED) is 0.654. The molecule has 0 aromatic carbocycles. The first-order chi connectivity index (χ1) is 7.18. The molecule has 2 N–H and O–H groups in total. The van der Waals surface area contributed by atoms with E-state index in [0.29, 0.717) is 0 Å². The first-order valence-corrected chi connectivity index (χ1v) is 5.18. The van der Waals surface area contributed by atoms with Gasteiger partial charge < -0.3 is 15.2 Å². The second-order valence-electron chi connectivity index (χ2n) is 3.97. The monoisotopic (exact) mass is 208 g/mol.